The molecule has 0 aliphatic carbocycles. The number of ether oxygens (including phenoxy) is 3. The molecule has 8 nitrogen and oxygen atoms in total. The molecule has 0 spiro atoms. The van der Waals surface area contributed by atoms with Crippen molar-refractivity contribution in [2.24, 2.45) is 0 Å². The zero-order valence-electron chi connectivity index (χ0n) is 42.8. The third kappa shape index (κ3) is 45.4. The van der Waals surface area contributed by atoms with Gasteiger partial charge in [-0.15, -0.1) is 0 Å². The lowest BCUT2D eigenvalue weighted by atomic mass is 10.0. The number of rotatable bonds is 46. The maximum absolute atomic E-state index is 12.8. The van der Waals surface area contributed by atoms with Crippen LogP contribution in [0.25, 0.3) is 0 Å². The smallest absolute Gasteiger partial charge is 0.306 e. The summed E-state index contributed by atoms with van der Waals surface area (Å²) in [7, 11) is 5.40. The van der Waals surface area contributed by atoms with Crippen molar-refractivity contribution in [1.29, 1.82) is 0 Å². The Hall–Kier alpha value is -3.75. The van der Waals surface area contributed by atoms with E-state index in [4.69, 9.17) is 14.2 Å². The monoisotopic (exact) mass is 920 g/mol. The van der Waals surface area contributed by atoms with E-state index in [1.807, 2.05) is 0 Å². The largest absolute Gasteiger partial charge is 0.544 e. The summed E-state index contributed by atoms with van der Waals surface area (Å²) in [4.78, 5) is 37.1. The highest BCUT2D eigenvalue weighted by atomic mass is 16.6. The lowest BCUT2D eigenvalue weighted by molar-refractivity contribution is -0.889. The van der Waals surface area contributed by atoms with Crippen LogP contribution in [0, 0.1) is 0 Å². The number of quaternary nitrogens is 1. The van der Waals surface area contributed by atoms with Crippen LogP contribution in [-0.2, 0) is 28.6 Å². The molecule has 0 aromatic heterocycles. The van der Waals surface area contributed by atoms with Gasteiger partial charge in [-0.3, -0.25) is 9.59 Å². The average Bonchev–Trinajstić information content (AvgIpc) is 3.28. The minimum atomic E-state index is -1.13. The number of aliphatic carboxylic acids is 1. The molecule has 376 valence electrons. The molecular weight excluding hydrogens is 823 g/mol. The maximum Gasteiger partial charge on any atom is 0.306 e. The first kappa shape index (κ1) is 62.2. The minimum Gasteiger partial charge on any atom is -0.544 e. The molecule has 0 saturated carbocycles. The molecular formula is C58H97NO7. The Kier molecular flexibility index (Phi) is 45.0. The second-order valence-electron chi connectivity index (χ2n) is 18.4. The number of likely N-dealkylation sites (N-methyl/N-ethyl adjacent to an activating group) is 1. The van der Waals surface area contributed by atoms with Gasteiger partial charge in [-0.25, -0.2) is 0 Å². The summed E-state index contributed by atoms with van der Waals surface area (Å²) in [5.41, 5.74) is 0. The first-order chi connectivity index (χ1) is 32.1. The van der Waals surface area contributed by atoms with E-state index in [0.29, 0.717) is 12.8 Å². The summed E-state index contributed by atoms with van der Waals surface area (Å²) in [6.07, 6.45) is 64.4. The van der Waals surface area contributed by atoms with Crippen LogP contribution in [0.5, 0.6) is 0 Å². The van der Waals surface area contributed by atoms with Crippen LogP contribution in [0.15, 0.2) is 97.2 Å². The van der Waals surface area contributed by atoms with Gasteiger partial charge in [0.05, 0.1) is 40.3 Å². The third-order valence-corrected chi connectivity index (χ3v) is 11.2. The molecule has 0 bridgehead atoms. The molecule has 0 N–H and O–H groups in total. The van der Waals surface area contributed by atoms with Crippen molar-refractivity contribution in [2.45, 2.75) is 212 Å². The molecule has 0 aromatic rings. The summed E-state index contributed by atoms with van der Waals surface area (Å²) in [5, 5.41) is 11.7. The van der Waals surface area contributed by atoms with Gasteiger partial charge in [0, 0.05) is 19.3 Å². The van der Waals surface area contributed by atoms with Crippen molar-refractivity contribution in [2.75, 3.05) is 41.0 Å². The molecule has 0 aliphatic heterocycles. The van der Waals surface area contributed by atoms with Gasteiger partial charge in [-0.1, -0.05) is 182 Å². The molecule has 8 heteroatoms. The lowest BCUT2D eigenvalue weighted by Crippen LogP contribution is -2.55. The van der Waals surface area contributed by atoms with Crippen molar-refractivity contribution in [3.05, 3.63) is 97.2 Å². The normalized spacial score (nSPS) is 13.7. The second kappa shape index (κ2) is 47.7. The van der Waals surface area contributed by atoms with Gasteiger partial charge in [0.1, 0.15) is 12.6 Å². The van der Waals surface area contributed by atoms with E-state index in [0.717, 1.165) is 77.0 Å². The van der Waals surface area contributed by atoms with Crippen LogP contribution in [-0.4, -0.2) is 75.5 Å². The van der Waals surface area contributed by atoms with E-state index < -0.39 is 18.1 Å². The zero-order chi connectivity index (χ0) is 48.4. The van der Waals surface area contributed by atoms with E-state index in [1.54, 1.807) is 21.1 Å². The number of carboxylic acids is 1. The fraction of sp³-hybridized carbons (Fsp3) is 0.672. The van der Waals surface area contributed by atoms with Gasteiger partial charge in [0.25, 0.3) is 0 Å². The molecule has 0 heterocycles. The van der Waals surface area contributed by atoms with E-state index >= 15 is 0 Å². The molecule has 0 aliphatic rings. The van der Waals surface area contributed by atoms with Crippen LogP contribution in [0.2, 0.25) is 0 Å². The molecule has 0 fully saturated rings. The Morgan fingerprint density at radius 3 is 1.29 bits per heavy atom. The highest BCUT2D eigenvalue weighted by Crippen LogP contribution is 2.14. The fourth-order valence-electron chi connectivity index (χ4n) is 7.16. The standard InChI is InChI=1S/C58H97NO7/c1-6-8-10-12-14-16-18-20-22-24-26-28-30-32-34-36-38-40-42-44-46-48-56(60)65-53-54(52-64-51-50-55(58(62)63)59(3,4)5)66-57(61)49-47-45-43-41-39-37-35-33-31-29-27-25-23-21-19-17-15-13-11-9-7-2/h9,11,14-17,20-23,26,28,32,34,38,40,54-55H,6-8,10,12-13,18-19,24-25,27,29-31,33,35-37,39,41-53H2,1-5H3/b11-9+,16-14+,17-15+,22-20+,23-21+,28-26+,34-32+,40-38+. The van der Waals surface area contributed by atoms with E-state index in [1.165, 1.54) is 83.5 Å². The topological polar surface area (TPSA) is 102 Å². The molecule has 0 rings (SSSR count). The number of carbonyl (C=O) groups excluding carboxylic acids is 3. The number of nitrogens with zero attached hydrogens (tertiary/aromatic N) is 1. The summed E-state index contributed by atoms with van der Waals surface area (Å²) in [6.45, 7) is 4.48. The SMILES string of the molecule is CC/C=C/C/C=C/C/C=C/CCCCCCCCCCCCCC(=O)OC(COCCC(C(=O)[O-])[N+](C)(C)C)COC(=O)CCCC/C=C/C/C=C/C/C=C/C/C=C/C/C=C/CCCCC. The lowest BCUT2D eigenvalue weighted by Gasteiger charge is -2.34. The Balaban J connectivity index is 4.33. The second-order valence-corrected chi connectivity index (χ2v) is 18.4. The third-order valence-electron chi connectivity index (χ3n) is 11.2. The van der Waals surface area contributed by atoms with Crippen molar-refractivity contribution in [3.63, 3.8) is 0 Å². The number of carbonyl (C=O) groups is 3. The molecule has 0 radical (unpaired) electrons. The Morgan fingerprint density at radius 1 is 0.470 bits per heavy atom. The predicted molar refractivity (Wildman–Crippen MR) is 277 cm³/mol. The van der Waals surface area contributed by atoms with Crippen molar-refractivity contribution >= 4 is 17.9 Å². The van der Waals surface area contributed by atoms with E-state index in [2.05, 4.69) is 111 Å². The number of allylic oxidation sites excluding steroid dienone is 16. The van der Waals surface area contributed by atoms with Crippen molar-refractivity contribution in [3.8, 4) is 0 Å². The van der Waals surface area contributed by atoms with Gasteiger partial charge in [0.15, 0.2) is 6.10 Å². The van der Waals surface area contributed by atoms with Gasteiger partial charge in [-0.2, -0.15) is 0 Å². The van der Waals surface area contributed by atoms with Gasteiger partial charge >= 0.3 is 11.9 Å². The summed E-state index contributed by atoms with van der Waals surface area (Å²) >= 11 is 0. The Labute approximate surface area is 405 Å². The average molecular weight is 920 g/mol. The van der Waals surface area contributed by atoms with Crippen molar-refractivity contribution in [1.82, 2.24) is 0 Å². The minimum absolute atomic E-state index is 0.0205. The predicted octanol–water partition coefficient (Wildman–Crippen LogP) is 14.1. The van der Waals surface area contributed by atoms with Gasteiger partial charge < -0.3 is 28.6 Å². The summed E-state index contributed by atoms with van der Waals surface area (Å²) in [6, 6.07) is -0.739. The fourth-order valence-corrected chi connectivity index (χ4v) is 7.16. The van der Waals surface area contributed by atoms with E-state index in [9.17, 15) is 19.5 Å². The first-order valence-corrected chi connectivity index (χ1v) is 26.3. The van der Waals surface area contributed by atoms with E-state index in [-0.39, 0.29) is 49.1 Å². The highest BCUT2D eigenvalue weighted by Gasteiger charge is 2.25. The molecule has 0 saturated heterocycles. The number of carboxylic acid groups (broad SMARTS) is 1. The van der Waals surface area contributed by atoms with Crippen LogP contribution < -0.4 is 5.11 Å². The number of hydrogen-bond donors (Lipinski definition) is 0. The van der Waals surface area contributed by atoms with Crippen molar-refractivity contribution < 1.29 is 38.2 Å². The van der Waals surface area contributed by atoms with Crippen LogP contribution in [0.3, 0.4) is 0 Å². The maximum atomic E-state index is 12.8. The van der Waals surface area contributed by atoms with Crippen LogP contribution in [0.4, 0.5) is 0 Å². The summed E-state index contributed by atoms with van der Waals surface area (Å²) < 4.78 is 17.2. The molecule has 0 amide bonds. The quantitative estimate of drug-likeness (QED) is 0.0259. The number of hydrogen-bond acceptors (Lipinski definition) is 7. The Morgan fingerprint density at radius 2 is 0.848 bits per heavy atom. The highest BCUT2D eigenvalue weighted by molar-refractivity contribution is 5.70. The Bertz CT molecular complexity index is 1400. The van der Waals surface area contributed by atoms with Gasteiger partial charge in [-0.05, 0) is 96.3 Å². The molecule has 66 heavy (non-hydrogen) atoms. The van der Waals surface area contributed by atoms with Gasteiger partial charge in [0.2, 0.25) is 0 Å². The molecule has 2 unspecified atom stereocenters. The molecule has 2 atom stereocenters. The number of unbranched alkanes of at least 4 members (excludes halogenated alkanes) is 16. The molecule has 0 aromatic carbocycles. The first-order valence-electron chi connectivity index (χ1n) is 26.3. The zero-order valence-corrected chi connectivity index (χ0v) is 42.8. The summed E-state index contributed by atoms with van der Waals surface area (Å²) in [5.74, 6) is -1.80. The number of esters is 2. The van der Waals surface area contributed by atoms with Crippen LogP contribution in [0.1, 0.15) is 200 Å². The van der Waals surface area contributed by atoms with Crippen LogP contribution >= 0.6 is 0 Å².